The van der Waals surface area contributed by atoms with E-state index in [2.05, 4.69) is 10.6 Å². The van der Waals surface area contributed by atoms with Crippen molar-refractivity contribution in [2.75, 3.05) is 0 Å². The summed E-state index contributed by atoms with van der Waals surface area (Å²) in [6.45, 7) is 3.43. The van der Waals surface area contributed by atoms with Crippen molar-refractivity contribution >= 4 is 35.6 Å². The van der Waals surface area contributed by atoms with Crippen molar-refractivity contribution in [3.8, 4) is 0 Å². The Morgan fingerprint density at radius 1 is 0.800 bits per heavy atom. The summed E-state index contributed by atoms with van der Waals surface area (Å²) >= 11 is 0. The number of carbonyl (C=O) groups is 6. The lowest BCUT2D eigenvalue weighted by atomic mass is 10.0. The van der Waals surface area contributed by atoms with Crippen LogP contribution in [-0.4, -0.2) is 69.9 Å². The topological polar surface area (TPSA) is 231 Å². The number of carboxylic acids is 2. The molecule has 0 fully saturated rings. The molecule has 1 aromatic rings. The normalized spacial score (nSPS) is 14.2. The van der Waals surface area contributed by atoms with Crippen molar-refractivity contribution in [2.45, 2.75) is 57.3 Å². The maximum Gasteiger partial charge on any atom is 0.326 e. The SMILES string of the molecule is CC(C)C(N)C(=O)NC(Cc1ccccc1)C(=O)NC(CC(=O)O)C(=O)NC(CC(N)=O)C(=O)O. The predicted molar refractivity (Wildman–Crippen MR) is 122 cm³/mol. The van der Waals surface area contributed by atoms with Gasteiger partial charge in [0.1, 0.15) is 18.1 Å². The van der Waals surface area contributed by atoms with Gasteiger partial charge in [-0.15, -0.1) is 0 Å². The number of benzene rings is 1. The van der Waals surface area contributed by atoms with Gasteiger partial charge in [0.2, 0.25) is 23.6 Å². The Labute approximate surface area is 201 Å². The van der Waals surface area contributed by atoms with Gasteiger partial charge in [-0.25, -0.2) is 4.79 Å². The average Bonchev–Trinajstić information content (AvgIpc) is 2.76. The van der Waals surface area contributed by atoms with Gasteiger partial charge in [-0.1, -0.05) is 44.2 Å². The molecule has 0 saturated heterocycles. The largest absolute Gasteiger partial charge is 0.481 e. The molecule has 35 heavy (non-hydrogen) atoms. The minimum Gasteiger partial charge on any atom is -0.481 e. The summed E-state index contributed by atoms with van der Waals surface area (Å²) in [5.74, 6) is -6.95. The Hall–Kier alpha value is -4.00. The van der Waals surface area contributed by atoms with E-state index >= 15 is 0 Å². The second-order valence-electron chi connectivity index (χ2n) is 8.25. The maximum atomic E-state index is 13.0. The molecule has 4 unspecified atom stereocenters. The standard InChI is InChI=1S/C22H31N5O8/c1-11(2)18(24)21(33)26-13(8-12-6-4-3-5-7-12)19(31)25-14(10-17(29)30)20(32)27-15(22(34)35)9-16(23)28/h3-7,11,13-15,18H,8-10,24H2,1-2H3,(H2,23,28)(H,25,31)(H,26,33)(H,27,32)(H,29,30)(H,34,35). The van der Waals surface area contributed by atoms with Gasteiger partial charge in [0, 0.05) is 6.42 Å². The molecule has 0 aliphatic heterocycles. The molecule has 0 saturated carbocycles. The third-order valence-corrected chi connectivity index (χ3v) is 4.97. The minimum atomic E-state index is -1.72. The monoisotopic (exact) mass is 493 g/mol. The first-order valence-corrected chi connectivity index (χ1v) is 10.7. The zero-order chi connectivity index (χ0) is 26.7. The molecule has 1 aromatic carbocycles. The van der Waals surface area contributed by atoms with E-state index in [0.29, 0.717) is 5.56 Å². The lowest BCUT2D eigenvalue weighted by molar-refractivity contribution is -0.144. The summed E-state index contributed by atoms with van der Waals surface area (Å²) < 4.78 is 0. The first-order valence-electron chi connectivity index (χ1n) is 10.7. The molecular formula is C22H31N5O8. The second-order valence-corrected chi connectivity index (χ2v) is 8.25. The number of nitrogens with two attached hydrogens (primary N) is 2. The fraction of sp³-hybridized carbons (Fsp3) is 0.455. The van der Waals surface area contributed by atoms with Crippen LogP contribution in [0.15, 0.2) is 30.3 Å². The summed E-state index contributed by atoms with van der Waals surface area (Å²) in [5, 5.41) is 25.1. The van der Waals surface area contributed by atoms with E-state index in [0.717, 1.165) is 0 Å². The lowest BCUT2D eigenvalue weighted by Gasteiger charge is -2.25. The minimum absolute atomic E-state index is 0.00403. The van der Waals surface area contributed by atoms with Gasteiger partial charge in [0.05, 0.1) is 18.9 Å². The van der Waals surface area contributed by atoms with Crippen molar-refractivity contribution in [3.63, 3.8) is 0 Å². The number of aliphatic carboxylic acids is 2. The van der Waals surface area contributed by atoms with Crippen molar-refractivity contribution in [1.29, 1.82) is 0 Å². The van der Waals surface area contributed by atoms with Gasteiger partial charge in [0.15, 0.2) is 0 Å². The predicted octanol–water partition coefficient (Wildman–Crippen LogP) is -1.90. The van der Waals surface area contributed by atoms with Gasteiger partial charge < -0.3 is 37.6 Å². The molecule has 13 nitrogen and oxygen atoms in total. The van der Waals surface area contributed by atoms with Gasteiger partial charge in [-0.3, -0.25) is 24.0 Å². The van der Waals surface area contributed by atoms with Gasteiger partial charge in [-0.05, 0) is 11.5 Å². The van der Waals surface area contributed by atoms with Crippen LogP contribution >= 0.6 is 0 Å². The third kappa shape index (κ3) is 10.2. The maximum absolute atomic E-state index is 13.0. The van der Waals surface area contributed by atoms with E-state index in [1.165, 1.54) is 0 Å². The van der Waals surface area contributed by atoms with Crippen molar-refractivity contribution in [1.82, 2.24) is 16.0 Å². The van der Waals surface area contributed by atoms with E-state index in [4.69, 9.17) is 11.5 Å². The highest BCUT2D eigenvalue weighted by molar-refractivity contribution is 5.96. The molecule has 4 amide bonds. The molecule has 0 aliphatic rings. The highest BCUT2D eigenvalue weighted by Crippen LogP contribution is 2.07. The first-order chi connectivity index (χ1) is 16.3. The fourth-order valence-corrected chi connectivity index (χ4v) is 2.96. The molecule has 4 atom stereocenters. The average molecular weight is 494 g/mol. The van der Waals surface area contributed by atoms with Crippen LogP contribution in [0.4, 0.5) is 0 Å². The summed E-state index contributed by atoms with van der Waals surface area (Å²) in [5.41, 5.74) is 11.5. The number of primary amides is 1. The van der Waals surface area contributed by atoms with Crippen LogP contribution in [0, 0.1) is 5.92 Å². The number of hydrogen-bond acceptors (Lipinski definition) is 7. The molecule has 0 radical (unpaired) electrons. The van der Waals surface area contributed by atoms with Crippen LogP contribution in [0.2, 0.25) is 0 Å². The van der Waals surface area contributed by atoms with E-state index in [9.17, 15) is 39.0 Å². The van der Waals surface area contributed by atoms with Crippen LogP contribution in [0.5, 0.6) is 0 Å². The highest BCUT2D eigenvalue weighted by atomic mass is 16.4. The van der Waals surface area contributed by atoms with Gasteiger partial charge in [0.25, 0.3) is 0 Å². The molecule has 1 rings (SSSR count). The smallest absolute Gasteiger partial charge is 0.326 e. The first kappa shape index (κ1) is 29.0. The molecular weight excluding hydrogens is 462 g/mol. The number of carboxylic acid groups (broad SMARTS) is 2. The lowest BCUT2D eigenvalue weighted by Crippen LogP contribution is -2.58. The van der Waals surface area contributed by atoms with E-state index in [1.54, 1.807) is 44.2 Å². The molecule has 0 aromatic heterocycles. The molecule has 0 bridgehead atoms. The van der Waals surface area contributed by atoms with Crippen LogP contribution < -0.4 is 27.4 Å². The summed E-state index contributed by atoms with van der Waals surface area (Å²) in [7, 11) is 0. The molecule has 0 heterocycles. The quantitative estimate of drug-likeness (QED) is 0.153. The Morgan fingerprint density at radius 3 is 1.80 bits per heavy atom. The van der Waals surface area contributed by atoms with E-state index in [1.807, 2.05) is 5.32 Å². The van der Waals surface area contributed by atoms with Gasteiger partial charge in [-0.2, -0.15) is 0 Å². The second kappa shape index (κ2) is 13.6. The summed E-state index contributed by atoms with van der Waals surface area (Å²) in [6.07, 6.45) is -1.63. The number of nitrogens with one attached hydrogen (secondary N) is 3. The van der Waals surface area contributed by atoms with Crippen molar-refractivity contribution < 1.29 is 39.0 Å². The van der Waals surface area contributed by atoms with E-state index in [-0.39, 0.29) is 12.3 Å². The van der Waals surface area contributed by atoms with Gasteiger partial charge >= 0.3 is 11.9 Å². The Bertz CT molecular complexity index is 937. The third-order valence-electron chi connectivity index (χ3n) is 4.97. The van der Waals surface area contributed by atoms with E-state index < -0.39 is 72.6 Å². The summed E-state index contributed by atoms with van der Waals surface area (Å²) in [6, 6.07) is 3.03. The van der Waals surface area contributed by atoms with Crippen LogP contribution in [-0.2, 0) is 35.2 Å². The number of rotatable bonds is 14. The molecule has 9 N–H and O–H groups in total. The van der Waals surface area contributed by atoms with Crippen molar-refractivity contribution in [2.24, 2.45) is 17.4 Å². The molecule has 13 heteroatoms. The Morgan fingerprint density at radius 2 is 1.31 bits per heavy atom. The molecule has 0 aliphatic carbocycles. The highest BCUT2D eigenvalue weighted by Gasteiger charge is 2.32. The summed E-state index contributed by atoms with van der Waals surface area (Å²) in [4.78, 5) is 71.8. The van der Waals surface area contributed by atoms with Crippen LogP contribution in [0.25, 0.3) is 0 Å². The zero-order valence-electron chi connectivity index (χ0n) is 19.4. The molecule has 192 valence electrons. The molecule has 0 spiro atoms. The number of carbonyl (C=O) groups excluding carboxylic acids is 4. The Kier molecular flexibility index (Phi) is 11.3. The zero-order valence-corrected chi connectivity index (χ0v) is 19.4. The Balaban J connectivity index is 3.12. The van der Waals surface area contributed by atoms with Crippen LogP contribution in [0.1, 0.15) is 32.3 Å². The fourth-order valence-electron chi connectivity index (χ4n) is 2.96. The van der Waals surface area contributed by atoms with Crippen LogP contribution in [0.3, 0.4) is 0 Å². The number of amides is 4. The number of hydrogen-bond donors (Lipinski definition) is 7. The van der Waals surface area contributed by atoms with Crippen molar-refractivity contribution in [3.05, 3.63) is 35.9 Å².